The molecule has 2 aromatic rings. The minimum Gasteiger partial charge on any atom is -0.493 e. The van der Waals surface area contributed by atoms with Crippen molar-refractivity contribution in [2.75, 3.05) is 6.61 Å². The lowest BCUT2D eigenvalue weighted by Gasteiger charge is -2.16. The van der Waals surface area contributed by atoms with Gasteiger partial charge in [-0.25, -0.2) is 0 Å². The van der Waals surface area contributed by atoms with Crippen molar-refractivity contribution in [1.29, 1.82) is 0 Å². The first-order valence-corrected chi connectivity index (χ1v) is 7.91. The number of rotatable bonds is 3. The van der Waals surface area contributed by atoms with Gasteiger partial charge in [0.2, 0.25) is 0 Å². The molecule has 3 rings (SSSR count). The third kappa shape index (κ3) is 2.89. The van der Waals surface area contributed by atoms with Crippen LogP contribution in [0.2, 0.25) is 0 Å². The number of carbonyl (C=O) groups is 1. The minimum absolute atomic E-state index is 0.0167. The van der Waals surface area contributed by atoms with Crippen LogP contribution in [0.4, 0.5) is 0 Å². The standard InChI is InChI=1S/C19H21NO2/c1-13(2)16-11-15-5-3-4-10-22-19(15)17(12-16)18(21)14-6-8-20-9-7-14/h6-9,11-13H,3-5,10H2,1-2H3. The van der Waals surface area contributed by atoms with E-state index in [4.69, 9.17) is 4.74 Å². The molecule has 0 spiro atoms. The molecule has 0 N–H and O–H groups in total. The van der Waals surface area contributed by atoms with Crippen LogP contribution in [-0.2, 0) is 6.42 Å². The normalized spacial score (nSPS) is 14.1. The van der Waals surface area contributed by atoms with Gasteiger partial charge in [0.15, 0.2) is 5.78 Å². The summed E-state index contributed by atoms with van der Waals surface area (Å²) in [5.74, 6) is 1.18. The second-order valence-corrected chi connectivity index (χ2v) is 6.08. The second kappa shape index (κ2) is 6.30. The van der Waals surface area contributed by atoms with Gasteiger partial charge in [-0.3, -0.25) is 9.78 Å². The maximum Gasteiger partial charge on any atom is 0.196 e. The number of hydrogen-bond acceptors (Lipinski definition) is 3. The van der Waals surface area contributed by atoms with Crippen LogP contribution in [0.1, 0.15) is 59.7 Å². The molecule has 0 saturated heterocycles. The zero-order chi connectivity index (χ0) is 15.5. The highest BCUT2D eigenvalue weighted by molar-refractivity contribution is 6.11. The van der Waals surface area contributed by atoms with Crippen LogP contribution >= 0.6 is 0 Å². The fraction of sp³-hybridized carbons (Fsp3) is 0.368. The van der Waals surface area contributed by atoms with E-state index in [1.807, 2.05) is 6.07 Å². The van der Waals surface area contributed by atoms with E-state index < -0.39 is 0 Å². The molecular weight excluding hydrogens is 274 g/mol. The maximum absolute atomic E-state index is 12.9. The molecule has 0 atom stereocenters. The molecule has 0 radical (unpaired) electrons. The number of aryl methyl sites for hydroxylation is 1. The highest BCUT2D eigenvalue weighted by Crippen LogP contribution is 2.33. The van der Waals surface area contributed by atoms with E-state index in [1.165, 1.54) is 11.1 Å². The van der Waals surface area contributed by atoms with Crippen LogP contribution in [0.5, 0.6) is 5.75 Å². The number of nitrogens with zero attached hydrogens (tertiary/aromatic N) is 1. The van der Waals surface area contributed by atoms with E-state index in [0.29, 0.717) is 23.7 Å². The summed E-state index contributed by atoms with van der Waals surface area (Å²) >= 11 is 0. The van der Waals surface area contributed by atoms with Gasteiger partial charge in [-0.15, -0.1) is 0 Å². The highest BCUT2D eigenvalue weighted by Gasteiger charge is 2.21. The average Bonchev–Trinajstić information content (AvgIpc) is 2.79. The molecule has 1 aliphatic heterocycles. The van der Waals surface area contributed by atoms with E-state index in [0.717, 1.165) is 25.0 Å². The van der Waals surface area contributed by atoms with Gasteiger partial charge in [0.05, 0.1) is 12.2 Å². The molecule has 0 fully saturated rings. The number of carbonyl (C=O) groups excluding carboxylic acids is 1. The highest BCUT2D eigenvalue weighted by atomic mass is 16.5. The summed E-state index contributed by atoms with van der Waals surface area (Å²) in [6, 6.07) is 7.72. The van der Waals surface area contributed by atoms with Crippen LogP contribution in [0.25, 0.3) is 0 Å². The molecule has 3 heteroatoms. The van der Waals surface area contributed by atoms with Gasteiger partial charge in [-0.05, 0) is 54.5 Å². The monoisotopic (exact) mass is 295 g/mol. The van der Waals surface area contributed by atoms with Gasteiger partial charge in [0.1, 0.15) is 5.75 Å². The fourth-order valence-electron chi connectivity index (χ4n) is 2.82. The van der Waals surface area contributed by atoms with E-state index in [-0.39, 0.29) is 5.78 Å². The molecule has 3 nitrogen and oxygen atoms in total. The van der Waals surface area contributed by atoms with Crippen molar-refractivity contribution in [3.05, 3.63) is 58.9 Å². The summed E-state index contributed by atoms with van der Waals surface area (Å²) in [4.78, 5) is 16.9. The van der Waals surface area contributed by atoms with Crippen LogP contribution in [0.3, 0.4) is 0 Å². The van der Waals surface area contributed by atoms with Gasteiger partial charge in [0, 0.05) is 18.0 Å². The molecule has 1 aromatic heterocycles. The molecular formula is C19H21NO2. The molecule has 2 heterocycles. The van der Waals surface area contributed by atoms with Gasteiger partial charge in [-0.1, -0.05) is 19.9 Å². The SMILES string of the molecule is CC(C)c1cc2c(c(C(=O)c3ccncc3)c1)OCCCC2. The average molecular weight is 295 g/mol. The summed E-state index contributed by atoms with van der Waals surface area (Å²) in [5, 5.41) is 0. The molecule has 1 aromatic carbocycles. The van der Waals surface area contributed by atoms with E-state index >= 15 is 0 Å². The summed E-state index contributed by atoms with van der Waals surface area (Å²) in [6.07, 6.45) is 6.43. The first-order valence-electron chi connectivity index (χ1n) is 7.91. The zero-order valence-electron chi connectivity index (χ0n) is 13.1. The number of ketones is 1. The van der Waals surface area contributed by atoms with Crippen molar-refractivity contribution in [2.24, 2.45) is 0 Å². The van der Waals surface area contributed by atoms with Gasteiger partial charge in [0.25, 0.3) is 0 Å². The third-order valence-electron chi connectivity index (χ3n) is 4.13. The second-order valence-electron chi connectivity index (χ2n) is 6.08. The molecule has 1 aliphatic rings. The summed E-state index contributed by atoms with van der Waals surface area (Å²) < 4.78 is 5.92. The number of hydrogen-bond donors (Lipinski definition) is 0. The largest absolute Gasteiger partial charge is 0.493 e. The molecule has 0 bridgehead atoms. The van der Waals surface area contributed by atoms with Crippen LogP contribution in [0.15, 0.2) is 36.7 Å². The number of ether oxygens (including phenoxy) is 1. The predicted molar refractivity (Wildman–Crippen MR) is 86.6 cm³/mol. The molecule has 0 saturated carbocycles. The molecule has 114 valence electrons. The predicted octanol–water partition coefficient (Wildman–Crippen LogP) is 4.15. The summed E-state index contributed by atoms with van der Waals surface area (Å²) in [6.45, 7) is 4.99. The first kappa shape index (κ1) is 14.8. The zero-order valence-corrected chi connectivity index (χ0v) is 13.1. The van der Waals surface area contributed by atoms with Crippen molar-refractivity contribution in [3.63, 3.8) is 0 Å². The van der Waals surface area contributed by atoms with Crippen molar-refractivity contribution in [3.8, 4) is 5.75 Å². The summed E-state index contributed by atoms with van der Waals surface area (Å²) in [5.41, 5.74) is 3.71. The Morgan fingerprint density at radius 2 is 1.95 bits per heavy atom. The van der Waals surface area contributed by atoms with Crippen LogP contribution < -0.4 is 4.74 Å². The molecule has 22 heavy (non-hydrogen) atoms. The Morgan fingerprint density at radius 3 is 2.68 bits per heavy atom. The minimum atomic E-state index is 0.0167. The van der Waals surface area contributed by atoms with Gasteiger partial charge in [-0.2, -0.15) is 0 Å². The lowest BCUT2D eigenvalue weighted by Crippen LogP contribution is -2.08. The fourth-order valence-corrected chi connectivity index (χ4v) is 2.82. The van der Waals surface area contributed by atoms with Crippen molar-refractivity contribution < 1.29 is 9.53 Å². The lowest BCUT2D eigenvalue weighted by atomic mass is 9.92. The van der Waals surface area contributed by atoms with E-state index in [9.17, 15) is 4.79 Å². The number of pyridine rings is 1. The van der Waals surface area contributed by atoms with Gasteiger partial charge < -0.3 is 4.74 Å². The number of fused-ring (bicyclic) bond motifs is 1. The Kier molecular flexibility index (Phi) is 4.23. The molecule has 0 aliphatic carbocycles. The molecule has 0 unspecified atom stereocenters. The van der Waals surface area contributed by atoms with E-state index in [1.54, 1.807) is 24.5 Å². The quantitative estimate of drug-likeness (QED) is 0.798. The maximum atomic E-state index is 12.9. The third-order valence-corrected chi connectivity index (χ3v) is 4.13. The molecule has 0 amide bonds. The summed E-state index contributed by atoms with van der Waals surface area (Å²) in [7, 11) is 0. The Bertz CT molecular complexity index is 677. The number of benzene rings is 1. The Morgan fingerprint density at radius 1 is 1.18 bits per heavy atom. The Hall–Kier alpha value is -2.16. The van der Waals surface area contributed by atoms with Crippen LogP contribution in [-0.4, -0.2) is 17.4 Å². The van der Waals surface area contributed by atoms with Crippen molar-refractivity contribution >= 4 is 5.78 Å². The number of aromatic nitrogens is 1. The van der Waals surface area contributed by atoms with E-state index in [2.05, 4.69) is 24.9 Å². The topological polar surface area (TPSA) is 39.2 Å². The van der Waals surface area contributed by atoms with Crippen LogP contribution in [0, 0.1) is 0 Å². The smallest absolute Gasteiger partial charge is 0.196 e. The lowest BCUT2D eigenvalue weighted by molar-refractivity contribution is 0.103. The van der Waals surface area contributed by atoms with Crippen molar-refractivity contribution in [2.45, 2.75) is 39.0 Å². The Labute approximate surface area is 131 Å². The first-order chi connectivity index (χ1) is 10.7. The Balaban J connectivity index is 2.12. The van der Waals surface area contributed by atoms with Crippen molar-refractivity contribution in [1.82, 2.24) is 4.98 Å². The van der Waals surface area contributed by atoms with Gasteiger partial charge >= 0.3 is 0 Å².